The lowest BCUT2D eigenvalue weighted by molar-refractivity contribution is -0.140. The number of unbranched alkanes of at least 4 members (excludes halogenated alkanes) is 3. The predicted molar refractivity (Wildman–Crippen MR) is 181 cm³/mol. The number of halogens is 2. The van der Waals surface area contributed by atoms with E-state index in [-0.39, 0.29) is 42.2 Å². The zero-order chi connectivity index (χ0) is 32.3. The number of hydrogen-bond donors (Lipinski definition) is 1. The molecule has 5 rings (SSSR count). The van der Waals surface area contributed by atoms with Gasteiger partial charge in [-0.3, -0.25) is 14.4 Å². The molecule has 8 nitrogen and oxygen atoms in total. The van der Waals surface area contributed by atoms with Crippen molar-refractivity contribution in [3.63, 3.8) is 0 Å². The molecule has 0 aromatic heterocycles. The van der Waals surface area contributed by atoms with Crippen molar-refractivity contribution < 1.29 is 24.2 Å². The number of rotatable bonds is 14. The van der Waals surface area contributed by atoms with Gasteiger partial charge in [0, 0.05) is 36.8 Å². The quantitative estimate of drug-likeness (QED) is 0.156. The van der Waals surface area contributed by atoms with Gasteiger partial charge in [-0.05, 0) is 49.9 Å². The Balaban J connectivity index is 1.57. The number of aliphatic hydroxyl groups is 1. The SMILES string of the molecule is C=CCN(C(=O)[C@H]1[C@@H]2OC3(CC2Br)C(C(=O)N(CC=C)c2c(C)cccc2Cl)N(CCCCCCO)C(=O)[C@H]13)c1ccccc1. The summed E-state index contributed by atoms with van der Waals surface area (Å²) in [4.78, 5) is 48.6. The van der Waals surface area contributed by atoms with Crippen LogP contribution in [0.4, 0.5) is 11.4 Å². The topological polar surface area (TPSA) is 90.4 Å². The van der Waals surface area contributed by atoms with Crippen molar-refractivity contribution >= 4 is 56.6 Å². The van der Waals surface area contributed by atoms with Gasteiger partial charge in [0.05, 0.1) is 28.6 Å². The van der Waals surface area contributed by atoms with Gasteiger partial charge in [0.1, 0.15) is 11.6 Å². The predicted octanol–water partition coefficient (Wildman–Crippen LogP) is 5.69. The second-order valence-corrected chi connectivity index (χ2v) is 13.6. The molecule has 0 radical (unpaired) electrons. The number of amides is 3. The van der Waals surface area contributed by atoms with E-state index in [1.165, 1.54) is 0 Å². The molecular weight excluding hydrogens is 658 g/mol. The number of alkyl halides is 1. The van der Waals surface area contributed by atoms with Crippen LogP contribution in [0.5, 0.6) is 0 Å². The van der Waals surface area contributed by atoms with Gasteiger partial charge in [-0.1, -0.05) is 82.9 Å². The molecule has 1 N–H and O–H groups in total. The third-order valence-corrected chi connectivity index (χ3v) is 10.4. The number of carbonyl (C=O) groups excluding carboxylic acids is 3. The summed E-state index contributed by atoms with van der Waals surface area (Å²) in [6.07, 6.45) is 6.06. The van der Waals surface area contributed by atoms with Crippen molar-refractivity contribution in [1.82, 2.24) is 4.90 Å². The van der Waals surface area contributed by atoms with Gasteiger partial charge in [0.25, 0.3) is 5.91 Å². The number of para-hydroxylation sites is 2. The monoisotopic (exact) mass is 697 g/mol. The van der Waals surface area contributed by atoms with E-state index in [4.69, 9.17) is 16.3 Å². The van der Waals surface area contributed by atoms with Crippen LogP contribution in [0.15, 0.2) is 73.8 Å². The number of hydrogen-bond acceptors (Lipinski definition) is 5. The van der Waals surface area contributed by atoms with Crippen molar-refractivity contribution in [1.29, 1.82) is 0 Å². The van der Waals surface area contributed by atoms with Crippen LogP contribution in [0, 0.1) is 18.8 Å². The van der Waals surface area contributed by atoms with Crippen molar-refractivity contribution in [2.45, 2.75) is 61.6 Å². The standard InChI is InChI=1S/C35H41BrClN3O5/c1-4-18-38(24-15-9-8-10-16-24)32(42)27-28-33(43)40(20-11-6-7-12-21-41)31(35(28)22-25(36)30(27)45-35)34(44)39(19-5-2)29-23(3)14-13-17-26(29)37/h4-5,8-10,13-17,25,27-28,30-31,41H,1-2,6-7,11-12,18-22H2,3H3/t25?,27-,28+,30-,31?,35?/m1/s1. The Labute approximate surface area is 278 Å². The molecule has 6 atom stereocenters. The van der Waals surface area contributed by atoms with Crippen LogP contribution in [0.2, 0.25) is 5.02 Å². The molecule has 3 fully saturated rings. The first-order valence-corrected chi connectivity index (χ1v) is 16.9. The molecule has 1 spiro atoms. The number of fused-ring (bicyclic) bond motifs is 1. The normalized spacial score (nSPS) is 26.5. The lowest BCUT2D eigenvalue weighted by atomic mass is 9.70. The average Bonchev–Trinajstić information content (AvgIpc) is 3.62. The summed E-state index contributed by atoms with van der Waals surface area (Å²) in [6.45, 7) is 10.5. The van der Waals surface area contributed by atoms with Gasteiger partial charge in [-0.25, -0.2) is 0 Å². The number of ether oxygens (including phenoxy) is 1. The molecule has 3 aliphatic rings. The second-order valence-electron chi connectivity index (χ2n) is 12.0. The maximum Gasteiger partial charge on any atom is 0.253 e. The maximum absolute atomic E-state index is 14.9. The Kier molecular flexibility index (Phi) is 10.5. The summed E-state index contributed by atoms with van der Waals surface area (Å²) in [5.74, 6) is -2.39. The highest BCUT2D eigenvalue weighted by Crippen LogP contribution is 2.60. The molecule has 2 aromatic carbocycles. The van der Waals surface area contributed by atoms with Crippen LogP contribution in [-0.2, 0) is 19.1 Å². The van der Waals surface area contributed by atoms with Crippen LogP contribution >= 0.6 is 27.5 Å². The minimum Gasteiger partial charge on any atom is -0.396 e. The molecule has 240 valence electrons. The fraction of sp³-hybridized carbons (Fsp3) is 0.457. The Hall–Kier alpha value is -2.98. The van der Waals surface area contributed by atoms with Crippen molar-refractivity contribution in [2.75, 3.05) is 36.0 Å². The fourth-order valence-electron chi connectivity index (χ4n) is 7.45. The smallest absolute Gasteiger partial charge is 0.253 e. The number of nitrogens with zero attached hydrogens (tertiary/aromatic N) is 3. The summed E-state index contributed by atoms with van der Waals surface area (Å²) >= 11 is 10.5. The molecule has 3 saturated heterocycles. The second kappa shape index (κ2) is 14.2. The van der Waals surface area contributed by atoms with E-state index in [1.54, 1.807) is 32.9 Å². The molecule has 2 bridgehead atoms. The van der Waals surface area contributed by atoms with E-state index in [0.29, 0.717) is 42.2 Å². The van der Waals surface area contributed by atoms with E-state index < -0.39 is 29.6 Å². The molecule has 2 aromatic rings. The summed E-state index contributed by atoms with van der Waals surface area (Å²) in [7, 11) is 0. The molecular formula is C35H41BrClN3O5. The number of aryl methyl sites for hydroxylation is 1. The van der Waals surface area contributed by atoms with Crippen LogP contribution in [0.1, 0.15) is 37.7 Å². The van der Waals surface area contributed by atoms with Gasteiger partial charge >= 0.3 is 0 Å². The zero-order valence-corrected chi connectivity index (χ0v) is 28.0. The van der Waals surface area contributed by atoms with E-state index in [1.807, 2.05) is 49.4 Å². The number of benzene rings is 2. The maximum atomic E-state index is 14.9. The summed E-state index contributed by atoms with van der Waals surface area (Å²) in [5.41, 5.74) is 0.882. The van der Waals surface area contributed by atoms with Gasteiger partial charge in [-0.2, -0.15) is 0 Å². The Morgan fingerprint density at radius 1 is 1.04 bits per heavy atom. The number of likely N-dealkylation sites (tertiary alicyclic amines) is 1. The lowest BCUT2D eigenvalue weighted by Crippen LogP contribution is -2.57. The average molecular weight is 699 g/mol. The molecule has 3 amide bonds. The first-order valence-electron chi connectivity index (χ1n) is 15.6. The molecule has 3 heterocycles. The highest BCUT2D eigenvalue weighted by Gasteiger charge is 2.77. The Bertz CT molecular complexity index is 1420. The molecule has 10 heteroatoms. The van der Waals surface area contributed by atoms with E-state index in [0.717, 1.165) is 18.4 Å². The summed E-state index contributed by atoms with van der Waals surface area (Å²) in [5, 5.41) is 9.67. The molecule has 45 heavy (non-hydrogen) atoms. The van der Waals surface area contributed by atoms with Crippen molar-refractivity contribution in [3.05, 3.63) is 84.4 Å². The Morgan fingerprint density at radius 2 is 1.73 bits per heavy atom. The van der Waals surface area contributed by atoms with Crippen LogP contribution < -0.4 is 9.80 Å². The fourth-order valence-corrected chi connectivity index (χ4v) is 8.72. The van der Waals surface area contributed by atoms with E-state index in [2.05, 4.69) is 29.1 Å². The number of anilines is 2. The van der Waals surface area contributed by atoms with Crippen LogP contribution in [0.3, 0.4) is 0 Å². The van der Waals surface area contributed by atoms with Crippen molar-refractivity contribution in [3.8, 4) is 0 Å². The molecule has 0 saturated carbocycles. The zero-order valence-electron chi connectivity index (χ0n) is 25.6. The first kappa shape index (κ1) is 33.4. The number of aliphatic hydroxyl groups excluding tert-OH is 1. The van der Waals surface area contributed by atoms with Gasteiger partial charge in [0.2, 0.25) is 11.8 Å². The highest BCUT2D eigenvalue weighted by molar-refractivity contribution is 9.09. The van der Waals surface area contributed by atoms with Crippen molar-refractivity contribution in [2.24, 2.45) is 11.8 Å². The van der Waals surface area contributed by atoms with Gasteiger partial charge in [-0.15, -0.1) is 13.2 Å². The van der Waals surface area contributed by atoms with Crippen LogP contribution in [0.25, 0.3) is 0 Å². The first-order chi connectivity index (χ1) is 21.7. The van der Waals surface area contributed by atoms with Gasteiger partial charge in [0.15, 0.2) is 0 Å². The number of carbonyl (C=O) groups is 3. The largest absolute Gasteiger partial charge is 0.396 e. The lowest BCUT2D eigenvalue weighted by Gasteiger charge is -2.38. The summed E-state index contributed by atoms with van der Waals surface area (Å²) in [6, 6.07) is 13.8. The molecule has 3 aliphatic heterocycles. The third-order valence-electron chi connectivity index (χ3n) is 9.30. The molecule has 3 unspecified atom stereocenters. The third kappa shape index (κ3) is 6.00. The highest BCUT2D eigenvalue weighted by atomic mass is 79.9. The van der Waals surface area contributed by atoms with Gasteiger partial charge < -0.3 is 24.5 Å². The van der Waals surface area contributed by atoms with E-state index in [9.17, 15) is 19.5 Å². The van der Waals surface area contributed by atoms with E-state index >= 15 is 0 Å². The minimum absolute atomic E-state index is 0.108. The summed E-state index contributed by atoms with van der Waals surface area (Å²) < 4.78 is 6.78. The molecule has 0 aliphatic carbocycles. The van der Waals surface area contributed by atoms with Crippen LogP contribution in [-0.4, -0.2) is 76.5 Å². The minimum atomic E-state index is -1.20. The Morgan fingerprint density at radius 3 is 2.40 bits per heavy atom.